The van der Waals surface area contributed by atoms with Crippen LogP contribution < -0.4 is 0 Å². The van der Waals surface area contributed by atoms with Crippen LogP contribution in [0.3, 0.4) is 0 Å². The fraction of sp³-hybridized carbons (Fsp3) is 0.864. The van der Waals surface area contributed by atoms with E-state index >= 15 is 0 Å². The maximum atomic E-state index is 14.6. The van der Waals surface area contributed by atoms with Crippen molar-refractivity contribution in [3.63, 3.8) is 0 Å². The Kier molecular flexibility index (Phi) is 13.9. The Balaban J connectivity index is 0.00000495. The van der Waals surface area contributed by atoms with Crippen LogP contribution >= 0.6 is 0 Å². The number of hydrogen-bond donors (Lipinski definition) is 0. The molecule has 0 aliphatic heterocycles. The van der Waals surface area contributed by atoms with E-state index in [9.17, 15) is 61.5 Å². The second-order valence-electron chi connectivity index (χ2n) is 8.89. The summed E-state index contributed by atoms with van der Waals surface area (Å²) in [6.07, 6.45) is -12.9. The van der Waals surface area contributed by atoms with Gasteiger partial charge < -0.3 is 17.2 Å². The van der Waals surface area contributed by atoms with Crippen molar-refractivity contribution in [2.24, 2.45) is 9.98 Å². The first-order valence-corrected chi connectivity index (χ1v) is 11.9. The predicted molar refractivity (Wildman–Crippen MR) is 115 cm³/mol. The third-order valence-corrected chi connectivity index (χ3v) is 6.03. The molecule has 2 aliphatic rings. The van der Waals surface area contributed by atoms with Gasteiger partial charge in [0.1, 0.15) is 0 Å². The van der Waals surface area contributed by atoms with Crippen molar-refractivity contribution in [2.75, 3.05) is 0 Å². The van der Waals surface area contributed by atoms with Gasteiger partial charge in [-0.15, -0.1) is 0 Å². The molecule has 2 aliphatic carbocycles. The van der Waals surface area contributed by atoms with Gasteiger partial charge in [-0.3, -0.25) is 4.99 Å². The summed E-state index contributed by atoms with van der Waals surface area (Å²) in [7, 11) is 0. The zero-order chi connectivity index (χ0) is 30.5. The van der Waals surface area contributed by atoms with E-state index in [0.717, 1.165) is 0 Å². The van der Waals surface area contributed by atoms with E-state index in [1.165, 1.54) is 0 Å². The van der Waals surface area contributed by atoms with E-state index in [0.29, 0.717) is 12.8 Å². The number of halogens is 14. The first kappa shape index (κ1) is 38.8. The summed E-state index contributed by atoms with van der Waals surface area (Å²) in [5.74, 6) is -32.9. The van der Waals surface area contributed by atoms with Crippen LogP contribution in [-0.2, 0) is 19.5 Å². The van der Waals surface area contributed by atoms with Gasteiger partial charge in [0, 0.05) is 0 Å². The average Bonchev–Trinajstić information content (AvgIpc) is 2.84. The zero-order valence-electron chi connectivity index (χ0n) is 21.3. The van der Waals surface area contributed by atoms with E-state index in [4.69, 9.17) is 0 Å². The molecule has 0 radical (unpaired) electrons. The summed E-state index contributed by atoms with van der Waals surface area (Å²) in [6.45, 7) is 5.00. The van der Waals surface area contributed by atoms with Crippen LogP contribution in [0.5, 0.6) is 0 Å². The summed E-state index contributed by atoms with van der Waals surface area (Å²) in [5.41, 5.74) is 0. The van der Waals surface area contributed by atoms with Gasteiger partial charge in [-0.25, -0.2) is 0 Å². The topological polar surface area (TPSA) is 38.8 Å². The number of nitrogens with zero attached hydrogens (tertiary/aromatic N) is 3. The summed E-state index contributed by atoms with van der Waals surface area (Å²) in [6, 6.07) is -2.90. The molecule has 0 saturated heterocycles. The molecule has 2 rings (SSSR count). The normalized spacial score (nSPS) is 19.9. The first-order valence-electron chi connectivity index (χ1n) is 11.9. The number of amidine groups is 2. The second kappa shape index (κ2) is 14.3. The molecule has 0 atom stereocenters. The zero-order valence-corrected chi connectivity index (χ0v) is 24.2. The third-order valence-electron chi connectivity index (χ3n) is 6.03. The Morgan fingerprint density at radius 2 is 0.975 bits per heavy atom. The molecular weight excluding hydrogens is 638 g/mol. The van der Waals surface area contributed by atoms with Crippen LogP contribution in [0, 0.1) is 6.92 Å². The molecule has 18 heteroatoms. The maximum Gasteiger partial charge on any atom is 2.00 e. The number of rotatable bonds is 6. The Hall–Kier alpha value is -1.22. The van der Waals surface area contributed by atoms with E-state index in [1.807, 2.05) is 0 Å². The van der Waals surface area contributed by atoms with Crippen LogP contribution in [-0.4, -0.2) is 59.8 Å². The largest absolute Gasteiger partial charge is 2.00 e. The standard InChI is InChI=1S/C20H22F14N3.C2H5.Zn/c21-15(22,17(25,26)19(29,30)31)13(35-11-7-3-1-4-8-11)37-14(36-12-9-5-2-6-10-12)16(23,24)18(27,28)20(32,33)34;1-2;/h11-12H,1-10H2;1H2,2H3;/q2*-1;+2. The molecular formula is C22H27F14N3Zn. The van der Waals surface area contributed by atoms with Crippen molar-refractivity contribution in [1.82, 2.24) is 0 Å². The third kappa shape index (κ3) is 8.42. The van der Waals surface area contributed by atoms with Crippen molar-refractivity contribution >= 4 is 11.7 Å². The van der Waals surface area contributed by atoms with Crippen molar-refractivity contribution in [2.45, 2.75) is 119 Å². The van der Waals surface area contributed by atoms with Gasteiger partial charge in [0.25, 0.3) is 0 Å². The number of alkyl halides is 14. The van der Waals surface area contributed by atoms with Crippen LogP contribution in [0.1, 0.15) is 71.1 Å². The molecule has 2 saturated carbocycles. The van der Waals surface area contributed by atoms with Gasteiger partial charge in [-0.2, -0.15) is 68.4 Å². The minimum Gasteiger partial charge on any atom is -0.461 e. The molecule has 0 aromatic carbocycles. The van der Waals surface area contributed by atoms with Crippen molar-refractivity contribution < 1.29 is 80.9 Å². The Morgan fingerprint density at radius 1 is 0.600 bits per heavy atom. The summed E-state index contributed by atoms with van der Waals surface area (Å²) < 4.78 is 190. The summed E-state index contributed by atoms with van der Waals surface area (Å²) in [4.78, 5) is 5.16. The molecule has 0 N–H and O–H groups in total. The van der Waals surface area contributed by atoms with Gasteiger partial charge in [-0.05, 0) is 24.7 Å². The minimum atomic E-state index is -6.99. The number of hydrogen-bond acceptors (Lipinski definition) is 1. The number of aliphatic imine (C=N–C) groups is 2. The molecule has 0 spiro atoms. The molecule has 0 bridgehead atoms. The molecule has 2 fully saturated rings. The Labute approximate surface area is 234 Å². The van der Waals surface area contributed by atoms with Gasteiger partial charge in [-0.1, -0.05) is 51.4 Å². The van der Waals surface area contributed by atoms with Crippen molar-refractivity contribution in [3.8, 4) is 0 Å². The molecule has 230 valence electrons. The molecule has 0 unspecified atom stereocenters. The molecule has 40 heavy (non-hydrogen) atoms. The smallest absolute Gasteiger partial charge is 0.461 e. The van der Waals surface area contributed by atoms with E-state index in [1.54, 1.807) is 6.92 Å². The Bertz CT molecular complexity index is 841. The predicted octanol–water partition coefficient (Wildman–Crippen LogP) is 9.33. The van der Waals surface area contributed by atoms with Gasteiger partial charge in [0.05, 0.1) is 11.9 Å². The molecule has 0 heterocycles. The summed E-state index contributed by atoms with van der Waals surface area (Å²) in [5, 5.41) is 2.96. The van der Waals surface area contributed by atoms with E-state index in [2.05, 4.69) is 22.2 Å². The summed E-state index contributed by atoms with van der Waals surface area (Å²) >= 11 is 0. The molecule has 0 aromatic heterocycles. The second-order valence-corrected chi connectivity index (χ2v) is 8.89. The van der Waals surface area contributed by atoms with E-state index in [-0.39, 0.29) is 70.8 Å². The van der Waals surface area contributed by atoms with Crippen molar-refractivity contribution in [3.05, 3.63) is 12.2 Å². The Morgan fingerprint density at radius 3 is 1.38 bits per heavy atom. The molecule has 0 aromatic rings. The molecule has 3 nitrogen and oxygen atoms in total. The van der Waals surface area contributed by atoms with Crippen molar-refractivity contribution in [1.29, 1.82) is 0 Å². The van der Waals surface area contributed by atoms with Crippen LogP contribution in [0.25, 0.3) is 5.32 Å². The first-order chi connectivity index (χ1) is 17.7. The fourth-order valence-corrected chi connectivity index (χ4v) is 3.86. The maximum absolute atomic E-state index is 14.6. The fourth-order valence-electron chi connectivity index (χ4n) is 3.86. The minimum absolute atomic E-state index is 0. The van der Waals surface area contributed by atoms with Crippen LogP contribution in [0.4, 0.5) is 61.5 Å². The van der Waals surface area contributed by atoms with Crippen LogP contribution in [0.15, 0.2) is 9.98 Å². The van der Waals surface area contributed by atoms with Crippen LogP contribution in [0.2, 0.25) is 0 Å². The van der Waals surface area contributed by atoms with Gasteiger partial charge >= 0.3 is 55.5 Å². The monoisotopic (exact) mass is 663 g/mol. The van der Waals surface area contributed by atoms with Gasteiger partial charge in [0.15, 0.2) is 0 Å². The SMILES string of the molecule is FC(F)(F)C(F)(F)C(F)(F)C(=NC1CCCCC1)N=C([N-]C1CCCCC1)C(F)(F)C(F)(F)C(F)(F)F.[CH2-]C.[Zn+2]. The van der Waals surface area contributed by atoms with E-state index < -0.39 is 59.8 Å². The van der Waals surface area contributed by atoms with Gasteiger partial charge in [0.2, 0.25) is 0 Å². The average molecular weight is 665 g/mol. The molecule has 0 amide bonds. The quantitative estimate of drug-likeness (QED) is 0.0893.